The van der Waals surface area contributed by atoms with Gasteiger partial charge in [0.25, 0.3) is 0 Å². The van der Waals surface area contributed by atoms with Gasteiger partial charge in [-0.3, -0.25) is 0 Å². The Bertz CT molecular complexity index is 300. The molecule has 3 nitrogen and oxygen atoms in total. The first-order valence-corrected chi connectivity index (χ1v) is 5.65. The molecule has 1 N–H and O–H groups in total. The first-order valence-electron chi connectivity index (χ1n) is 5.65. The van der Waals surface area contributed by atoms with Crippen LogP contribution in [0.25, 0.3) is 0 Å². The lowest BCUT2D eigenvalue weighted by atomic mass is 9.92. The van der Waals surface area contributed by atoms with E-state index in [0.717, 1.165) is 38.2 Å². The van der Waals surface area contributed by atoms with E-state index in [0.29, 0.717) is 5.76 Å². The smallest absolute Gasteiger partial charge is 0.132 e. The molecule has 1 aromatic heterocycles. The molecule has 1 fully saturated rings. The lowest BCUT2D eigenvalue weighted by molar-refractivity contribution is -0.00143. The van der Waals surface area contributed by atoms with Crippen LogP contribution >= 0.6 is 0 Å². The van der Waals surface area contributed by atoms with E-state index < -0.39 is 6.10 Å². The zero-order chi connectivity index (χ0) is 10.7. The predicted octanol–water partition coefficient (Wildman–Crippen LogP) is 2.30. The van der Waals surface area contributed by atoms with Crippen LogP contribution in [0.1, 0.15) is 37.4 Å². The molecule has 1 unspecified atom stereocenters. The van der Waals surface area contributed by atoms with E-state index in [2.05, 4.69) is 0 Å². The van der Waals surface area contributed by atoms with Crippen LogP contribution in [0.3, 0.4) is 0 Å². The van der Waals surface area contributed by atoms with Crippen molar-refractivity contribution in [2.24, 2.45) is 5.92 Å². The van der Waals surface area contributed by atoms with E-state index in [1.165, 1.54) is 0 Å². The Hall–Kier alpha value is -0.800. The zero-order valence-electron chi connectivity index (χ0n) is 9.11. The zero-order valence-corrected chi connectivity index (χ0v) is 9.11. The van der Waals surface area contributed by atoms with Crippen molar-refractivity contribution in [3.8, 4) is 0 Å². The van der Waals surface area contributed by atoms with Crippen LogP contribution in [0, 0.1) is 5.92 Å². The van der Waals surface area contributed by atoms with Crippen molar-refractivity contribution in [2.45, 2.75) is 32.3 Å². The molecule has 1 atom stereocenters. The molecule has 15 heavy (non-hydrogen) atoms. The normalized spacial score (nSPS) is 20.4. The first kappa shape index (κ1) is 10.7. The molecule has 1 aromatic rings. The van der Waals surface area contributed by atoms with Crippen LogP contribution in [-0.4, -0.2) is 18.3 Å². The van der Waals surface area contributed by atoms with Crippen LogP contribution in [0.4, 0.5) is 0 Å². The van der Waals surface area contributed by atoms with Crippen molar-refractivity contribution < 1.29 is 14.3 Å². The van der Waals surface area contributed by atoms with Gasteiger partial charge in [-0.15, -0.1) is 0 Å². The molecule has 2 heterocycles. The van der Waals surface area contributed by atoms with Gasteiger partial charge in [-0.05, 0) is 30.9 Å². The molecule has 0 aromatic carbocycles. The summed E-state index contributed by atoms with van der Waals surface area (Å²) in [5.74, 6) is 1.93. The molecule has 3 heteroatoms. The topological polar surface area (TPSA) is 42.6 Å². The van der Waals surface area contributed by atoms with Gasteiger partial charge in [-0.25, -0.2) is 0 Å². The largest absolute Gasteiger partial charge is 0.463 e. The molecule has 0 aliphatic carbocycles. The highest BCUT2D eigenvalue weighted by atomic mass is 16.5. The fourth-order valence-electron chi connectivity index (χ4n) is 2.01. The third kappa shape index (κ3) is 2.41. The summed E-state index contributed by atoms with van der Waals surface area (Å²) in [6.45, 7) is 3.55. The number of rotatable bonds is 3. The predicted molar refractivity (Wildman–Crippen MR) is 56.6 cm³/mol. The summed E-state index contributed by atoms with van der Waals surface area (Å²) >= 11 is 0. The summed E-state index contributed by atoms with van der Waals surface area (Å²) in [4.78, 5) is 0. The molecular weight excluding hydrogens is 192 g/mol. The van der Waals surface area contributed by atoms with Crippen LogP contribution in [0.5, 0.6) is 0 Å². The summed E-state index contributed by atoms with van der Waals surface area (Å²) in [6.07, 6.45) is 2.25. The molecule has 84 valence electrons. The van der Waals surface area contributed by atoms with Gasteiger partial charge in [0.2, 0.25) is 0 Å². The summed E-state index contributed by atoms with van der Waals surface area (Å²) < 4.78 is 10.8. The Kier molecular flexibility index (Phi) is 3.44. The number of hydrogen-bond acceptors (Lipinski definition) is 3. The average molecular weight is 210 g/mol. The molecular formula is C12H18O3. The fraction of sp³-hybridized carbons (Fsp3) is 0.667. The second-order valence-corrected chi connectivity index (χ2v) is 4.05. The number of aryl methyl sites for hydroxylation is 1. The molecule has 2 rings (SSSR count). The lowest BCUT2D eigenvalue weighted by Gasteiger charge is -2.25. The molecule has 0 saturated carbocycles. The van der Waals surface area contributed by atoms with Crippen molar-refractivity contribution in [1.82, 2.24) is 0 Å². The molecule has 1 saturated heterocycles. The molecule has 0 amide bonds. The van der Waals surface area contributed by atoms with Crippen molar-refractivity contribution in [2.75, 3.05) is 13.2 Å². The van der Waals surface area contributed by atoms with Crippen LogP contribution in [-0.2, 0) is 11.2 Å². The van der Waals surface area contributed by atoms with E-state index in [-0.39, 0.29) is 5.92 Å². The summed E-state index contributed by atoms with van der Waals surface area (Å²) in [7, 11) is 0. The number of ether oxygens (including phenoxy) is 1. The first-order chi connectivity index (χ1) is 7.31. The summed E-state index contributed by atoms with van der Waals surface area (Å²) in [5, 5.41) is 10.1. The van der Waals surface area contributed by atoms with Gasteiger partial charge in [0.1, 0.15) is 17.6 Å². The van der Waals surface area contributed by atoms with E-state index in [9.17, 15) is 5.11 Å². The second-order valence-electron chi connectivity index (χ2n) is 4.05. The number of furan rings is 1. The highest BCUT2D eigenvalue weighted by Gasteiger charge is 2.25. The molecule has 0 radical (unpaired) electrons. The molecule has 1 aliphatic rings. The van der Waals surface area contributed by atoms with Gasteiger partial charge in [0.15, 0.2) is 0 Å². The van der Waals surface area contributed by atoms with E-state index in [1.807, 2.05) is 19.1 Å². The highest BCUT2D eigenvalue weighted by Crippen LogP contribution is 2.30. The van der Waals surface area contributed by atoms with Gasteiger partial charge in [0.05, 0.1) is 0 Å². The van der Waals surface area contributed by atoms with Gasteiger partial charge in [-0.1, -0.05) is 6.92 Å². The monoisotopic (exact) mass is 210 g/mol. The minimum absolute atomic E-state index is 0.287. The third-order valence-electron chi connectivity index (χ3n) is 3.03. The van der Waals surface area contributed by atoms with Gasteiger partial charge >= 0.3 is 0 Å². The van der Waals surface area contributed by atoms with Gasteiger partial charge < -0.3 is 14.3 Å². The van der Waals surface area contributed by atoms with E-state index in [1.54, 1.807) is 0 Å². The standard InChI is InChI=1S/C12H18O3/c1-2-10-3-4-11(15-10)12(13)9-5-7-14-8-6-9/h3-4,9,12-13H,2,5-8H2,1H3. The van der Waals surface area contributed by atoms with Crippen molar-refractivity contribution in [1.29, 1.82) is 0 Å². The Morgan fingerprint density at radius 2 is 2.13 bits per heavy atom. The van der Waals surface area contributed by atoms with Crippen molar-refractivity contribution in [3.63, 3.8) is 0 Å². The molecule has 0 spiro atoms. The quantitative estimate of drug-likeness (QED) is 0.832. The van der Waals surface area contributed by atoms with Crippen LogP contribution in [0.2, 0.25) is 0 Å². The van der Waals surface area contributed by atoms with Gasteiger partial charge in [0, 0.05) is 19.6 Å². The Balaban J connectivity index is 2.02. The number of hydrogen-bond donors (Lipinski definition) is 1. The number of aliphatic hydroxyl groups excluding tert-OH is 1. The Morgan fingerprint density at radius 1 is 1.40 bits per heavy atom. The molecule has 0 bridgehead atoms. The average Bonchev–Trinajstić information content (AvgIpc) is 2.78. The maximum absolute atomic E-state index is 10.1. The maximum Gasteiger partial charge on any atom is 0.132 e. The van der Waals surface area contributed by atoms with Gasteiger partial charge in [-0.2, -0.15) is 0 Å². The Morgan fingerprint density at radius 3 is 2.73 bits per heavy atom. The number of aliphatic hydroxyl groups is 1. The molecule has 1 aliphatic heterocycles. The Labute approximate surface area is 90.0 Å². The van der Waals surface area contributed by atoms with E-state index >= 15 is 0 Å². The third-order valence-corrected chi connectivity index (χ3v) is 3.03. The SMILES string of the molecule is CCc1ccc(C(O)C2CCOCC2)o1. The minimum Gasteiger partial charge on any atom is -0.463 e. The highest BCUT2D eigenvalue weighted by molar-refractivity contribution is 5.10. The van der Waals surface area contributed by atoms with Crippen molar-refractivity contribution >= 4 is 0 Å². The fourth-order valence-corrected chi connectivity index (χ4v) is 2.01. The maximum atomic E-state index is 10.1. The van der Waals surface area contributed by atoms with Crippen LogP contribution < -0.4 is 0 Å². The lowest BCUT2D eigenvalue weighted by Crippen LogP contribution is -2.21. The van der Waals surface area contributed by atoms with E-state index in [4.69, 9.17) is 9.15 Å². The summed E-state index contributed by atoms with van der Waals surface area (Å²) in [6, 6.07) is 3.83. The van der Waals surface area contributed by atoms with Crippen molar-refractivity contribution in [3.05, 3.63) is 23.7 Å². The van der Waals surface area contributed by atoms with Crippen LogP contribution in [0.15, 0.2) is 16.5 Å². The summed E-state index contributed by atoms with van der Waals surface area (Å²) in [5.41, 5.74) is 0. The minimum atomic E-state index is -0.464. The second kappa shape index (κ2) is 4.81.